The standard InChI is InChI=1S/C13H13FN6OS/c1-7(12-18-16-8(2)21-12)22-13-19-17-11(20(13)15)9-3-5-10(14)6-4-9/h3-7H,15H2,1-2H3. The van der Waals surface area contributed by atoms with E-state index in [4.69, 9.17) is 10.3 Å². The molecule has 1 unspecified atom stereocenters. The van der Waals surface area contributed by atoms with Gasteiger partial charge in [0.15, 0.2) is 5.82 Å². The zero-order chi connectivity index (χ0) is 15.7. The summed E-state index contributed by atoms with van der Waals surface area (Å²) >= 11 is 1.35. The number of aryl methyl sites for hydroxylation is 1. The van der Waals surface area contributed by atoms with Gasteiger partial charge in [-0.1, -0.05) is 11.8 Å². The van der Waals surface area contributed by atoms with E-state index in [1.807, 2.05) is 6.92 Å². The minimum Gasteiger partial charge on any atom is -0.424 e. The maximum Gasteiger partial charge on any atom is 0.229 e. The van der Waals surface area contributed by atoms with Gasteiger partial charge >= 0.3 is 0 Å². The van der Waals surface area contributed by atoms with Crippen molar-refractivity contribution < 1.29 is 8.81 Å². The summed E-state index contributed by atoms with van der Waals surface area (Å²) in [6, 6.07) is 5.89. The molecule has 1 aromatic carbocycles. The maximum atomic E-state index is 13.0. The van der Waals surface area contributed by atoms with Crippen molar-refractivity contribution in [2.75, 3.05) is 5.84 Å². The molecule has 9 heteroatoms. The number of aromatic nitrogens is 5. The van der Waals surface area contributed by atoms with E-state index in [1.54, 1.807) is 19.1 Å². The van der Waals surface area contributed by atoms with Gasteiger partial charge in [-0.25, -0.2) is 9.07 Å². The number of nitrogens with two attached hydrogens (primary N) is 1. The van der Waals surface area contributed by atoms with Gasteiger partial charge in [-0.2, -0.15) is 0 Å². The lowest BCUT2D eigenvalue weighted by atomic mass is 10.2. The third kappa shape index (κ3) is 2.80. The van der Waals surface area contributed by atoms with Crippen molar-refractivity contribution in [3.05, 3.63) is 41.9 Å². The van der Waals surface area contributed by atoms with E-state index < -0.39 is 0 Å². The van der Waals surface area contributed by atoms with Gasteiger partial charge in [-0.15, -0.1) is 20.4 Å². The average molecular weight is 320 g/mol. The van der Waals surface area contributed by atoms with Crippen molar-refractivity contribution >= 4 is 11.8 Å². The van der Waals surface area contributed by atoms with Crippen molar-refractivity contribution in [1.29, 1.82) is 0 Å². The molecule has 0 aliphatic heterocycles. The molecule has 114 valence electrons. The van der Waals surface area contributed by atoms with Crippen molar-refractivity contribution in [2.24, 2.45) is 0 Å². The van der Waals surface area contributed by atoms with Crippen molar-refractivity contribution in [3.8, 4) is 11.4 Å². The van der Waals surface area contributed by atoms with E-state index in [1.165, 1.54) is 28.6 Å². The van der Waals surface area contributed by atoms with E-state index in [2.05, 4.69) is 20.4 Å². The second kappa shape index (κ2) is 5.76. The Bertz CT molecular complexity index is 784. The van der Waals surface area contributed by atoms with Gasteiger partial charge in [0.1, 0.15) is 5.82 Å². The topological polar surface area (TPSA) is 95.7 Å². The van der Waals surface area contributed by atoms with Gasteiger partial charge in [0.2, 0.25) is 16.9 Å². The van der Waals surface area contributed by atoms with Crippen molar-refractivity contribution in [3.63, 3.8) is 0 Å². The molecule has 0 spiro atoms. The van der Waals surface area contributed by atoms with Gasteiger partial charge in [-0.05, 0) is 31.2 Å². The third-order valence-corrected chi connectivity index (χ3v) is 3.98. The minimum atomic E-state index is -0.318. The molecule has 2 N–H and O–H groups in total. The Morgan fingerprint density at radius 3 is 2.55 bits per heavy atom. The summed E-state index contributed by atoms with van der Waals surface area (Å²) in [5.41, 5.74) is 0.685. The molecular formula is C13H13FN6OS. The molecular weight excluding hydrogens is 307 g/mol. The molecule has 0 amide bonds. The van der Waals surface area contributed by atoms with Crippen LogP contribution in [-0.4, -0.2) is 25.1 Å². The number of halogens is 1. The van der Waals surface area contributed by atoms with Crippen molar-refractivity contribution in [1.82, 2.24) is 25.1 Å². The molecule has 0 saturated heterocycles. The van der Waals surface area contributed by atoms with Crippen LogP contribution < -0.4 is 5.84 Å². The number of nitrogens with zero attached hydrogens (tertiary/aromatic N) is 5. The Kier molecular flexibility index (Phi) is 3.80. The first-order valence-corrected chi connectivity index (χ1v) is 7.35. The van der Waals surface area contributed by atoms with E-state index in [0.29, 0.717) is 28.3 Å². The molecule has 3 rings (SSSR count). The van der Waals surface area contributed by atoms with Crippen LogP contribution in [0.1, 0.15) is 24.0 Å². The van der Waals surface area contributed by atoms with Crippen LogP contribution >= 0.6 is 11.8 Å². The second-order valence-corrected chi connectivity index (χ2v) is 5.91. The van der Waals surface area contributed by atoms with Crippen LogP contribution in [0.2, 0.25) is 0 Å². The van der Waals surface area contributed by atoms with Crippen LogP contribution in [0.3, 0.4) is 0 Å². The van der Waals surface area contributed by atoms with Crippen molar-refractivity contribution in [2.45, 2.75) is 24.3 Å². The molecule has 1 atom stereocenters. The number of hydrogen-bond acceptors (Lipinski definition) is 7. The quantitative estimate of drug-likeness (QED) is 0.582. The Hall–Kier alpha value is -2.42. The molecule has 0 bridgehead atoms. The lowest BCUT2D eigenvalue weighted by Gasteiger charge is -2.06. The molecule has 2 heterocycles. The fourth-order valence-corrected chi connectivity index (χ4v) is 2.64. The number of thioether (sulfide) groups is 1. The number of hydrogen-bond donors (Lipinski definition) is 1. The van der Waals surface area contributed by atoms with Crippen LogP contribution in [0.4, 0.5) is 4.39 Å². The van der Waals surface area contributed by atoms with E-state index in [9.17, 15) is 4.39 Å². The number of nitrogen functional groups attached to an aromatic ring is 1. The molecule has 0 radical (unpaired) electrons. The first-order valence-electron chi connectivity index (χ1n) is 6.47. The molecule has 0 saturated carbocycles. The highest BCUT2D eigenvalue weighted by Crippen LogP contribution is 2.33. The molecule has 2 aromatic heterocycles. The highest BCUT2D eigenvalue weighted by atomic mass is 32.2. The summed E-state index contributed by atoms with van der Waals surface area (Å²) < 4.78 is 19.7. The lowest BCUT2D eigenvalue weighted by Crippen LogP contribution is -2.12. The predicted molar refractivity (Wildman–Crippen MR) is 78.9 cm³/mol. The van der Waals surface area contributed by atoms with Crippen LogP contribution in [-0.2, 0) is 0 Å². The van der Waals surface area contributed by atoms with E-state index in [0.717, 1.165) is 0 Å². The van der Waals surface area contributed by atoms with Gasteiger partial charge in [-0.3, -0.25) is 0 Å². The largest absolute Gasteiger partial charge is 0.424 e. The average Bonchev–Trinajstić information content (AvgIpc) is 3.08. The summed E-state index contributed by atoms with van der Waals surface area (Å²) in [5, 5.41) is 16.2. The summed E-state index contributed by atoms with van der Waals surface area (Å²) in [5.74, 6) is 7.15. The Morgan fingerprint density at radius 1 is 1.18 bits per heavy atom. The highest BCUT2D eigenvalue weighted by molar-refractivity contribution is 7.99. The van der Waals surface area contributed by atoms with Crippen LogP contribution in [0.5, 0.6) is 0 Å². The Labute approximate surface area is 129 Å². The summed E-state index contributed by atoms with van der Waals surface area (Å²) in [6.07, 6.45) is 0. The zero-order valence-electron chi connectivity index (χ0n) is 11.9. The van der Waals surface area contributed by atoms with Gasteiger partial charge in [0, 0.05) is 12.5 Å². The first-order chi connectivity index (χ1) is 10.5. The second-order valence-electron chi connectivity index (χ2n) is 4.60. The van der Waals surface area contributed by atoms with Gasteiger partial charge in [0.05, 0.1) is 5.25 Å². The normalized spacial score (nSPS) is 12.5. The fraction of sp³-hybridized carbons (Fsp3) is 0.231. The summed E-state index contributed by atoms with van der Waals surface area (Å²) in [7, 11) is 0. The lowest BCUT2D eigenvalue weighted by molar-refractivity contribution is 0.470. The predicted octanol–water partition coefficient (Wildman–Crippen LogP) is 2.34. The zero-order valence-corrected chi connectivity index (χ0v) is 12.7. The molecule has 0 aliphatic carbocycles. The monoisotopic (exact) mass is 320 g/mol. The molecule has 0 aliphatic rings. The van der Waals surface area contributed by atoms with E-state index >= 15 is 0 Å². The van der Waals surface area contributed by atoms with Crippen LogP contribution in [0.15, 0.2) is 33.8 Å². The van der Waals surface area contributed by atoms with Crippen LogP contribution in [0, 0.1) is 12.7 Å². The smallest absolute Gasteiger partial charge is 0.229 e. The summed E-state index contributed by atoms with van der Waals surface area (Å²) in [4.78, 5) is 0. The first kappa shape index (κ1) is 14.5. The molecule has 3 aromatic rings. The highest BCUT2D eigenvalue weighted by Gasteiger charge is 2.19. The van der Waals surface area contributed by atoms with E-state index in [-0.39, 0.29) is 11.1 Å². The van der Waals surface area contributed by atoms with Gasteiger partial charge < -0.3 is 10.3 Å². The number of benzene rings is 1. The minimum absolute atomic E-state index is 0.117. The fourth-order valence-electron chi connectivity index (χ4n) is 1.84. The Morgan fingerprint density at radius 2 is 1.91 bits per heavy atom. The summed E-state index contributed by atoms with van der Waals surface area (Å²) in [6.45, 7) is 3.63. The Balaban J connectivity index is 1.82. The third-order valence-electron chi connectivity index (χ3n) is 2.94. The van der Waals surface area contributed by atoms with Gasteiger partial charge in [0.25, 0.3) is 0 Å². The maximum absolute atomic E-state index is 13.0. The number of rotatable bonds is 4. The SMILES string of the molecule is Cc1nnc(C(C)Sc2nnc(-c3ccc(F)cc3)n2N)o1. The molecule has 22 heavy (non-hydrogen) atoms. The molecule has 7 nitrogen and oxygen atoms in total. The molecule has 0 fully saturated rings. The van der Waals surface area contributed by atoms with Crippen LogP contribution in [0.25, 0.3) is 11.4 Å².